The third-order valence-corrected chi connectivity index (χ3v) is 4.50. The summed E-state index contributed by atoms with van der Waals surface area (Å²) in [7, 11) is 0. The third-order valence-electron chi connectivity index (χ3n) is 4.50. The first-order valence-electron chi connectivity index (χ1n) is 8.54. The molecule has 1 fully saturated rings. The van der Waals surface area contributed by atoms with Gasteiger partial charge in [0.15, 0.2) is 11.9 Å². The van der Waals surface area contributed by atoms with E-state index in [9.17, 15) is 14.4 Å². The monoisotopic (exact) mass is 360 g/mol. The van der Waals surface area contributed by atoms with Crippen LogP contribution in [0.2, 0.25) is 0 Å². The smallest absolute Gasteiger partial charge is 0.331 e. The number of carbonyl (C=O) groups excluding carboxylic acids is 3. The van der Waals surface area contributed by atoms with Crippen molar-refractivity contribution in [1.29, 1.82) is 0 Å². The van der Waals surface area contributed by atoms with Gasteiger partial charge in [-0.2, -0.15) is 0 Å². The highest BCUT2D eigenvalue weighted by Gasteiger charge is 2.69. The Kier molecular flexibility index (Phi) is 5.66. The largest absolute Gasteiger partial charge is 0.465 e. The predicted octanol–water partition coefficient (Wildman–Crippen LogP) is 2.72. The molecule has 0 radical (unpaired) electrons. The second-order valence-electron chi connectivity index (χ2n) is 6.47. The van der Waals surface area contributed by atoms with E-state index in [4.69, 9.17) is 14.2 Å². The molecule has 6 nitrogen and oxygen atoms in total. The van der Waals surface area contributed by atoms with Crippen molar-refractivity contribution < 1.29 is 28.6 Å². The molecular weight excluding hydrogens is 336 g/mol. The molecule has 0 aliphatic carbocycles. The van der Waals surface area contributed by atoms with Gasteiger partial charge in [0, 0.05) is 5.56 Å². The molecule has 2 rings (SSSR count). The van der Waals surface area contributed by atoms with Crippen molar-refractivity contribution in [3.05, 3.63) is 48.0 Å². The summed E-state index contributed by atoms with van der Waals surface area (Å²) in [4.78, 5) is 39.0. The minimum atomic E-state index is -2.04. The van der Waals surface area contributed by atoms with Gasteiger partial charge in [0.1, 0.15) is 0 Å². The lowest BCUT2D eigenvalue weighted by atomic mass is 9.71. The van der Waals surface area contributed by atoms with Gasteiger partial charge in [-0.3, -0.25) is 14.4 Å². The van der Waals surface area contributed by atoms with Crippen molar-refractivity contribution in [2.24, 2.45) is 5.41 Å². The van der Waals surface area contributed by atoms with Gasteiger partial charge in [0.05, 0.1) is 18.8 Å². The van der Waals surface area contributed by atoms with Gasteiger partial charge in [-0.15, -0.1) is 0 Å². The number of carbonyl (C=O) groups is 3. The van der Waals surface area contributed by atoms with Gasteiger partial charge in [0.25, 0.3) is 0 Å². The highest BCUT2D eigenvalue weighted by atomic mass is 16.6. The van der Waals surface area contributed by atoms with Crippen LogP contribution in [0.25, 0.3) is 0 Å². The lowest BCUT2D eigenvalue weighted by molar-refractivity contribution is -0.172. The molecule has 0 bridgehead atoms. The van der Waals surface area contributed by atoms with Crippen molar-refractivity contribution in [2.75, 3.05) is 13.2 Å². The number of benzene rings is 1. The molecule has 1 heterocycles. The maximum Gasteiger partial charge on any atom is 0.331 e. The van der Waals surface area contributed by atoms with E-state index in [1.165, 1.54) is 0 Å². The molecule has 1 aromatic carbocycles. The number of hydrogen-bond acceptors (Lipinski definition) is 6. The molecule has 0 spiro atoms. The second kappa shape index (κ2) is 7.41. The van der Waals surface area contributed by atoms with E-state index in [0.717, 1.165) is 0 Å². The first kappa shape index (κ1) is 19.8. The van der Waals surface area contributed by atoms with Crippen LogP contribution in [0.1, 0.15) is 38.1 Å². The van der Waals surface area contributed by atoms with Gasteiger partial charge in [-0.05, 0) is 33.3 Å². The molecule has 140 valence electrons. The lowest BCUT2D eigenvalue weighted by Crippen LogP contribution is -2.52. The number of hydrogen-bond donors (Lipinski definition) is 0. The Labute approximate surface area is 153 Å². The second-order valence-corrected chi connectivity index (χ2v) is 6.47. The molecule has 1 atom stereocenters. The van der Waals surface area contributed by atoms with Crippen molar-refractivity contribution in [1.82, 2.24) is 0 Å². The SMILES string of the molecule is C=C1C(C)(C)OC(C(=O)c2ccccc2)C1(C(=O)OCC)C(=O)OCC. The van der Waals surface area contributed by atoms with Crippen molar-refractivity contribution in [3.63, 3.8) is 0 Å². The van der Waals surface area contributed by atoms with Crippen molar-refractivity contribution in [2.45, 2.75) is 39.4 Å². The van der Waals surface area contributed by atoms with Crippen molar-refractivity contribution >= 4 is 17.7 Å². The minimum Gasteiger partial charge on any atom is -0.465 e. The molecule has 0 saturated carbocycles. The minimum absolute atomic E-state index is 0.0416. The molecule has 0 amide bonds. The Hall–Kier alpha value is -2.47. The van der Waals surface area contributed by atoms with Crippen LogP contribution in [-0.4, -0.2) is 42.6 Å². The first-order chi connectivity index (χ1) is 12.2. The third kappa shape index (κ3) is 3.05. The Morgan fingerprint density at radius 2 is 1.54 bits per heavy atom. The van der Waals surface area contributed by atoms with Gasteiger partial charge < -0.3 is 14.2 Å². The topological polar surface area (TPSA) is 78.9 Å². The van der Waals surface area contributed by atoms with E-state index < -0.39 is 34.8 Å². The summed E-state index contributed by atoms with van der Waals surface area (Å²) in [5, 5.41) is 0. The average molecular weight is 360 g/mol. The van der Waals surface area contributed by atoms with Crippen LogP contribution in [0.5, 0.6) is 0 Å². The number of rotatable bonds is 6. The summed E-state index contributed by atoms with van der Waals surface area (Å²) in [6, 6.07) is 8.35. The van der Waals surface area contributed by atoms with Gasteiger partial charge in [0.2, 0.25) is 5.41 Å². The van der Waals surface area contributed by atoms with Crippen LogP contribution in [0, 0.1) is 5.41 Å². The molecule has 26 heavy (non-hydrogen) atoms. The molecule has 1 aliphatic rings. The Morgan fingerprint density at radius 3 is 2.00 bits per heavy atom. The van der Waals surface area contributed by atoms with E-state index in [1.54, 1.807) is 58.0 Å². The summed E-state index contributed by atoms with van der Waals surface area (Å²) >= 11 is 0. The zero-order valence-corrected chi connectivity index (χ0v) is 15.5. The number of esters is 2. The molecule has 6 heteroatoms. The summed E-state index contributed by atoms with van der Waals surface area (Å²) in [5.41, 5.74) is -2.66. The number of ketones is 1. The molecule has 1 unspecified atom stereocenters. The van der Waals surface area contributed by atoms with E-state index in [1.807, 2.05) is 0 Å². The zero-order valence-electron chi connectivity index (χ0n) is 15.5. The van der Waals surface area contributed by atoms with Crippen LogP contribution in [-0.2, 0) is 23.8 Å². The average Bonchev–Trinajstić information content (AvgIpc) is 2.83. The fourth-order valence-electron chi connectivity index (χ4n) is 3.12. The highest BCUT2D eigenvalue weighted by Crippen LogP contribution is 2.51. The van der Waals surface area contributed by atoms with Crippen LogP contribution >= 0.6 is 0 Å². The van der Waals surface area contributed by atoms with E-state index >= 15 is 0 Å². The lowest BCUT2D eigenvalue weighted by Gasteiger charge is -2.29. The van der Waals surface area contributed by atoms with Crippen LogP contribution in [0.15, 0.2) is 42.5 Å². The number of Topliss-reactive ketones (excluding diaryl/α,β-unsaturated/α-hetero) is 1. The fourth-order valence-corrected chi connectivity index (χ4v) is 3.12. The molecule has 1 aromatic rings. The molecular formula is C20H24O6. The van der Waals surface area contributed by atoms with Crippen LogP contribution in [0.4, 0.5) is 0 Å². The summed E-state index contributed by atoms with van der Waals surface area (Å²) in [6.45, 7) is 10.5. The number of ether oxygens (including phenoxy) is 3. The summed E-state index contributed by atoms with van der Waals surface area (Å²) in [5.74, 6) is -2.27. The molecule has 0 N–H and O–H groups in total. The first-order valence-corrected chi connectivity index (χ1v) is 8.54. The normalized spacial score (nSPS) is 20.5. The van der Waals surface area contributed by atoms with E-state index in [-0.39, 0.29) is 18.8 Å². The Morgan fingerprint density at radius 1 is 1.04 bits per heavy atom. The van der Waals surface area contributed by atoms with Gasteiger partial charge in [-0.25, -0.2) is 0 Å². The Balaban J connectivity index is 2.65. The molecule has 1 saturated heterocycles. The maximum atomic E-state index is 13.1. The highest BCUT2D eigenvalue weighted by molar-refractivity contribution is 6.13. The van der Waals surface area contributed by atoms with Gasteiger partial charge >= 0.3 is 11.9 Å². The quantitative estimate of drug-likeness (QED) is 0.336. The van der Waals surface area contributed by atoms with Crippen LogP contribution < -0.4 is 0 Å². The molecule has 0 aromatic heterocycles. The van der Waals surface area contributed by atoms with E-state index in [2.05, 4.69) is 6.58 Å². The summed E-state index contributed by atoms with van der Waals surface area (Å²) < 4.78 is 16.2. The fraction of sp³-hybridized carbons (Fsp3) is 0.450. The predicted molar refractivity (Wildman–Crippen MR) is 94.6 cm³/mol. The van der Waals surface area contributed by atoms with Gasteiger partial charge in [-0.1, -0.05) is 36.9 Å². The maximum absolute atomic E-state index is 13.1. The standard InChI is InChI=1S/C20H24O6/c1-6-24-17(22)20(18(23)25-7-2)13(3)19(4,5)26-16(20)15(21)14-11-9-8-10-12-14/h8-12,16H,3,6-7H2,1-2,4-5H3. The van der Waals surface area contributed by atoms with E-state index in [0.29, 0.717) is 5.56 Å². The summed E-state index contributed by atoms with van der Waals surface area (Å²) in [6.07, 6.45) is -1.41. The Bertz CT molecular complexity index is 701. The van der Waals surface area contributed by atoms with Crippen LogP contribution in [0.3, 0.4) is 0 Å². The zero-order chi connectivity index (χ0) is 19.5. The molecule has 1 aliphatic heterocycles. The van der Waals surface area contributed by atoms with Crippen molar-refractivity contribution in [3.8, 4) is 0 Å².